The molecule has 0 spiro atoms. The molecule has 1 aliphatic rings. The molecule has 0 aliphatic carbocycles. The van der Waals surface area contributed by atoms with E-state index in [0.717, 1.165) is 24.3 Å². The van der Waals surface area contributed by atoms with Gasteiger partial charge in [-0.15, -0.1) is 0 Å². The summed E-state index contributed by atoms with van der Waals surface area (Å²) in [4.78, 5) is 70.7. The number of amides is 5. The number of halogens is 3. The maximum atomic E-state index is 14.2. The second-order valence-electron chi connectivity index (χ2n) is 16.6. The van der Waals surface area contributed by atoms with Gasteiger partial charge in [0.25, 0.3) is 10.0 Å². The number of anilines is 1. The smallest absolute Gasteiger partial charge is 0.378 e. The van der Waals surface area contributed by atoms with Gasteiger partial charge < -0.3 is 25.2 Å². The highest BCUT2D eigenvalue weighted by atomic mass is 32.2. The molecule has 0 bridgehead atoms. The quantitative estimate of drug-likeness (QED) is 0.207. The molecule has 1 fully saturated rings. The first-order chi connectivity index (χ1) is 26.1. The molecular formula is C39H61F3N6O8S. The van der Waals surface area contributed by atoms with Crippen molar-refractivity contribution < 1.29 is 50.3 Å². The summed E-state index contributed by atoms with van der Waals surface area (Å²) in [5, 5.41) is 4.61. The maximum Gasteiger partial charge on any atom is 0.471 e. The number of nitrogens with one attached hydrogen (secondary N) is 3. The Morgan fingerprint density at radius 3 is 1.95 bits per heavy atom. The summed E-state index contributed by atoms with van der Waals surface area (Å²) in [6.45, 7) is 16.8. The van der Waals surface area contributed by atoms with Crippen molar-refractivity contribution in [3.05, 3.63) is 35.9 Å². The van der Waals surface area contributed by atoms with E-state index >= 15 is 0 Å². The van der Waals surface area contributed by atoms with Crippen molar-refractivity contribution in [2.24, 2.45) is 23.2 Å². The molecule has 5 amide bonds. The van der Waals surface area contributed by atoms with E-state index in [1.165, 1.54) is 14.0 Å². The monoisotopic (exact) mass is 830 g/mol. The lowest BCUT2D eigenvalue weighted by Crippen LogP contribution is -2.59. The first kappa shape index (κ1) is 49.1. The van der Waals surface area contributed by atoms with Crippen molar-refractivity contribution in [1.29, 1.82) is 0 Å². The number of hydrogen-bond acceptors (Lipinski definition) is 9. The summed E-state index contributed by atoms with van der Waals surface area (Å²) >= 11 is 0. The van der Waals surface area contributed by atoms with Crippen LogP contribution in [0.15, 0.2) is 40.8 Å². The van der Waals surface area contributed by atoms with Crippen LogP contribution in [0.5, 0.6) is 0 Å². The van der Waals surface area contributed by atoms with Crippen molar-refractivity contribution in [2.75, 3.05) is 40.1 Å². The fourth-order valence-electron chi connectivity index (χ4n) is 7.10. The number of rotatable bonds is 16. The topological polar surface area (TPSA) is 175 Å². The number of sulfonamides is 1. The summed E-state index contributed by atoms with van der Waals surface area (Å²) in [5.74, 6) is -5.33. The highest BCUT2D eigenvalue weighted by Crippen LogP contribution is 2.30. The summed E-state index contributed by atoms with van der Waals surface area (Å²) in [6, 6.07) is 1.30. The van der Waals surface area contributed by atoms with Crippen LogP contribution in [0.4, 0.5) is 18.9 Å². The van der Waals surface area contributed by atoms with Crippen LogP contribution in [-0.2, 0) is 38.7 Å². The van der Waals surface area contributed by atoms with Gasteiger partial charge in [0.05, 0.1) is 35.0 Å². The molecule has 1 aliphatic heterocycles. The average molecular weight is 831 g/mol. The Morgan fingerprint density at radius 1 is 0.930 bits per heavy atom. The lowest BCUT2D eigenvalue weighted by Gasteiger charge is -2.39. The fraction of sp³-hybridized carbons (Fsp3) is 0.667. The Morgan fingerprint density at radius 2 is 1.49 bits per heavy atom. The van der Waals surface area contributed by atoms with Gasteiger partial charge >= 0.3 is 12.1 Å². The molecule has 1 heterocycles. The number of likely N-dealkylation sites (N-methyl/N-ethyl adjacent to an activating group) is 2. The second-order valence-corrected chi connectivity index (χ2v) is 18.3. The highest BCUT2D eigenvalue weighted by Gasteiger charge is 2.43. The van der Waals surface area contributed by atoms with Crippen LogP contribution < -0.4 is 15.4 Å². The number of ether oxygens (including phenoxy) is 1. The molecule has 14 nitrogen and oxygen atoms in total. The molecule has 0 radical (unpaired) electrons. The Hall–Kier alpha value is -4.03. The number of alkyl halides is 3. The molecule has 322 valence electrons. The van der Waals surface area contributed by atoms with E-state index in [9.17, 15) is 45.6 Å². The lowest BCUT2D eigenvalue weighted by atomic mass is 9.84. The van der Waals surface area contributed by atoms with Crippen LogP contribution in [0.2, 0.25) is 0 Å². The highest BCUT2D eigenvalue weighted by molar-refractivity contribution is 7.90. The van der Waals surface area contributed by atoms with Crippen molar-refractivity contribution >= 4 is 45.2 Å². The largest absolute Gasteiger partial charge is 0.471 e. The zero-order valence-corrected chi connectivity index (χ0v) is 36.1. The standard InChI is InChI=1S/C39H61F3N6O8S/c1-22(2)29(47(12)36(52)32(38(7,8)9)44-34(50)30(23(3)4)46(10)11)21-24(5)35(51)48-20-14-15-28(48)31(56-13)25(6)33(49)45-57(54,55)27-18-16-26(17-19-27)43-37(53)39(40,41)42/h16-19,21-23,25,28-32H,14-15,20H2,1-13H3,(H,43,53)(H,44,50)(H,45,49)/b24-21+/t25-,28+,29?,30?,31-,32-/m1/s1. The maximum absolute atomic E-state index is 14.2. The van der Waals surface area contributed by atoms with Crippen molar-refractivity contribution in [3.63, 3.8) is 0 Å². The Kier molecular flexibility index (Phi) is 16.9. The first-order valence-electron chi connectivity index (χ1n) is 18.9. The second kappa shape index (κ2) is 19.6. The summed E-state index contributed by atoms with van der Waals surface area (Å²) < 4.78 is 71.6. The molecule has 1 saturated heterocycles. The minimum Gasteiger partial charge on any atom is -0.378 e. The number of methoxy groups -OCH3 is 1. The Balaban J connectivity index is 2.29. The van der Waals surface area contributed by atoms with Crippen LogP contribution in [-0.4, -0.2) is 124 Å². The van der Waals surface area contributed by atoms with Crippen LogP contribution in [0.3, 0.4) is 0 Å². The molecular weight excluding hydrogens is 770 g/mol. The average Bonchev–Trinajstić information content (AvgIpc) is 3.56. The predicted octanol–water partition coefficient (Wildman–Crippen LogP) is 4.18. The third kappa shape index (κ3) is 12.7. The van der Waals surface area contributed by atoms with Gasteiger partial charge in [-0.25, -0.2) is 13.1 Å². The van der Waals surface area contributed by atoms with E-state index in [1.807, 2.05) is 72.2 Å². The van der Waals surface area contributed by atoms with Gasteiger partial charge in [0, 0.05) is 32.0 Å². The third-order valence-corrected chi connectivity index (χ3v) is 11.5. The molecule has 6 atom stereocenters. The first-order valence-corrected chi connectivity index (χ1v) is 20.4. The molecule has 3 N–H and O–H groups in total. The molecule has 0 saturated carbocycles. The zero-order chi connectivity index (χ0) is 44.0. The van der Waals surface area contributed by atoms with E-state index in [2.05, 4.69) is 5.32 Å². The van der Waals surface area contributed by atoms with Gasteiger partial charge in [0.1, 0.15) is 6.04 Å². The van der Waals surface area contributed by atoms with Crippen molar-refractivity contribution in [3.8, 4) is 0 Å². The van der Waals surface area contributed by atoms with E-state index in [4.69, 9.17) is 4.74 Å². The summed E-state index contributed by atoms with van der Waals surface area (Å²) in [7, 11) is 2.12. The number of benzene rings is 1. The van der Waals surface area contributed by atoms with E-state index in [-0.39, 0.29) is 35.2 Å². The van der Waals surface area contributed by atoms with Crippen molar-refractivity contribution in [2.45, 2.75) is 116 Å². The number of nitrogens with zero attached hydrogens (tertiary/aromatic N) is 3. The van der Waals surface area contributed by atoms with Gasteiger partial charge in [0.2, 0.25) is 23.6 Å². The van der Waals surface area contributed by atoms with Crippen molar-refractivity contribution in [1.82, 2.24) is 24.7 Å². The molecule has 2 unspecified atom stereocenters. The van der Waals surface area contributed by atoms with E-state index < -0.39 is 74.5 Å². The van der Waals surface area contributed by atoms with E-state index in [1.54, 1.807) is 35.2 Å². The zero-order valence-electron chi connectivity index (χ0n) is 35.3. The molecule has 2 rings (SSSR count). The normalized spacial score (nSPS) is 18.2. The summed E-state index contributed by atoms with van der Waals surface area (Å²) in [5.41, 5.74) is -0.607. The van der Waals surface area contributed by atoms with Gasteiger partial charge in [-0.3, -0.25) is 28.9 Å². The van der Waals surface area contributed by atoms with Crippen LogP contribution in [0.1, 0.15) is 75.2 Å². The number of likely N-dealkylation sites (tertiary alicyclic amines) is 1. The van der Waals surface area contributed by atoms with Gasteiger partial charge in [-0.2, -0.15) is 13.2 Å². The predicted molar refractivity (Wildman–Crippen MR) is 210 cm³/mol. The number of hydrogen-bond donors (Lipinski definition) is 3. The molecule has 1 aromatic carbocycles. The molecule has 18 heteroatoms. The minimum atomic E-state index is -5.14. The SMILES string of the molecule is CO[C@H]([C@@H](C)C(=O)NS(=O)(=O)c1ccc(NC(=O)C(F)(F)F)cc1)[C@@H]1CCCN1C(=O)/C(C)=C/C(C(C)C)N(C)C(=O)[C@@H](NC(=O)C(C(C)C)N(C)C)C(C)(C)C. The molecule has 57 heavy (non-hydrogen) atoms. The van der Waals surface area contributed by atoms with Gasteiger partial charge in [-0.1, -0.05) is 61.5 Å². The van der Waals surface area contributed by atoms with Crippen LogP contribution in [0.25, 0.3) is 0 Å². The fourth-order valence-corrected chi connectivity index (χ4v) is 8.16. The Labute approximate surface area is 335 Å². The Bertz CT molecular complexity index is 1730. The van der Waals surface area contributed by atoms with Gasteiger partial charge in [0.15, 0.2) is 0 Å². The molecule has 1 aromatic rings. The van der Waals surface area contributed by atoms with Crippen LogP contribution >= 0.6 is 0 Å². The van der Waals surface area contributed by atoms with E-state index in [0.29, 0.717) is 25.0 Å². The minimum absolute atomic E-state index is 0.00795. The molecule has 0 aromatic heterocycles. The lowest BCUT2D eigenvalue weighted by molar-refractivity contribution is -0.167. The third-order valence-electron chi connectivity index (χ3n) is 10.1. The summed E-state index contributed by atoms with van der Waals surface area (Å²) in [6.07, 6.45) is -3.32. The number of carbonyl (C=O) groups is 5. The number of carbonyl (C=O) groups excluding carboxylic acids is 5. The van der Waals surface area contributed by atoms with Gasteiger partial charge in [-0.05, 0) is 75.4 Å². The van der Waals surface area contributed by atoms with Crippen LogP contribution in [0, 0.1) is 23.2 Å².